The van der Waals surface area contributed by atoms with Crippen LogP contribution in [0.4, 0.5) is 0 Å². The first kappa shape index (κ1) is 9.47. The maximum absolute atomic E-state index is 3.37. The van der Waals surface area contributed by atoms with Crippen molar-refractivity contribution >= 4 is 0 Å². The normalized spacial score (nSPS) is 43.2. The maximum Gasteiger partial charge on any atom is 0.0348 e. The van der Waals surface area contributed by atoms with Crippen LogP contribution in [0.2, 0.25) is 0 Å². The van der Waals surface area contributed by atoms with Gasteiger partial charge < -0.3 is 5.32 Å². The minimum atomic E-state index is 0.795. The molecule has 2 aliphatic rings. The quantitative estimate of drug-likeness (QED) is 0.658. The van der Waals surface area contributed by atoms with E-state index in [4.69, 9.17) is 0 Å². The maximum atomic E-state index is 3.37. The van der Waals surface area contributed by atoms with Gasteiger partial charge in [0.25, 0.3) is 0 Å². The van der Waals surface area contributed by atoms with Crippen molar-refractivity contribution in [2.24, 2.45) is 11.8 Å². The van der Waals surface area contributed by atoms with Crippen molar-refractivity contribution in [2.75, 3.05) is 19.6 Å². The fourth-order valence-corrected chi connectivity index (χ4v) is 2.75. The summed E-state index contributed by atoms with van der Waals surface area (Å²) in [7, 11) is 0. The third kappa shape index (κ3) is 1.75. The highest BCUT2D eigenvalue weighted by molar-refractivity contribution is 4.92. The molecule has 0 aromatic heterocycles. The Morgan fingerprint density at radius 2 is 1.85 bits per heavy atom. The number of hydrogen-bond donors (Lipinski definition) is 1. The highest BCUT2D eigenvalue weighted by atomic mass is 15.3. The summed E-state index contributed by atoms with van der Waals surface area (Å²) in [5, 5.41) is 3.37. The Morgan fingerprint density at radius 1 is 1.15 bits per heavy atom. The summed E-state index contributed by atoms with van der Waals surface area (Å²) >= 11 is 0. The molecule has 1 N–H and O–H groups in total. The van der Waals surface area contributed by atoms with Crippen molar-refractivity contribution in [3.8, 4) is 0 Å². The average Bonchev–Trinajstić information content (AvgIpc) is 1.95. The van der Waals surface area contributed by atoms with Crippen molar-refractivity contribution in [3.63, 3.8) is 0 Å². The Kier molecular flexibility index (Phi) is 2.61. The van der Waals surface area contributed by atoms with Gasteiger partial charge in [-0.05, 0) is 25.2 Å². The molecule has 2 aliphatic heterocycles. The van der Waals surface area contributed by atoms with Gasteiger partial charge in [0, 0.05) is 31.7 Å². The number of rotatable bonds is 1. The van der Waals surface area contributed by atoms with E-state index >= 15 is 0 Å². The van der Waals surface area contributed by atoms with Crippen molar-refractivity contribution in [3.05, 3.63) is 0 Å². The van der Waals surface area contributed by atoms with E-state index in [0.717, 1.165) is 23.9 Å². The van der Waals surface area contributed by atoms with E-state index < -0.39 is 0 Å². The van der Waals surface area contributed by atoms with Crippen molar-refractivity contribution in [1.82, 2.24) is 10.2 Å². The highest BCUT2D eigenvalue weighted by Crippen LogP contribution is 2.29. The minimum Gasteiger partial charge on any atom is -0.314 e. The number of hydrogen-bond acceptors (Lipinski definition) is 2. The molecular weight excluding hydrogens is 160 g/mol. The molecule has 0 radical (unpaired) electrons. The largest absolute Gasteiger partial charge is 0.314 e. The molecular formula is C11H22N2. The molecule has 2 saturated heterocycles. The van der Waals surface area contributed by atoms with Gasteiger partial charge in [0.05, 0.1) is 0 Å². The van der Waals surface area contributed by atoms with Crippen LogP contribution in [0.15, 0.2) is 0 Å². The third-order valence-corrected chi connectivity index (χ3v) is 3.87. The number of nitrogens with one attached hydrogen (secondary N) is 1. The zero-order chi connectivity index (χ0) is 9.42. The summed E-state index contributed by atoms with van der Waals surface area (Å²) in [6.45, 7) is 10.9. The Bertz CT molecular complexity index is 177. The van der Waals surface area contributed by atoms with Crippen LogP contribution >= 0.6 is 0 Å². The Hall–Kier alpha value is -0.0800. The standard InChI is InChI=1S/C11H22N2/c1-8-4-9(2)10(3)13(7-8)11-5-12-6-11/h8-12H,4-7H2,1-3H3. The molecule has 2 fully saturated rings. The first-order valence-electron chi connectivity index (χ1n) is 5.65. The molecule has 0 saturated carbocycles. The van der Waals surface area contributed by atoms with E-state index in [1.165, 1.54) is 26.1 Å². The number of nitrogens with zero attached hydrogens (tertiary/aromatic N) is 1. The lowest BCUT2D eigenvalue weighted by Gasteiger charge is -2.48. The Labute approximate surface area is 81.7 Å². The molecule has 0 spiro atoms. The third-order valence-electron chi connectivity index (χ3n) is 3.87. The van der Waals surface area contributed by atoms with E-state index in [1.807, 2.05) is 0 Å². The molecule has 0 amide bonds. The predicted molar refractivity (Wildman–Crippen MR) is 55.8 cm³/mol. The molecule has 0 bridgehead atoms. The lowest BCUT2D eigenvalue weighted by atomic mass is 9.84. The minimum absolute atomic E-state index is 0.795. The fourth-order valence-electron chi connectivity index (χ4n) is 2.75. The lowest BCUT2D eigenvalue weighted by Crippen LogP contribution is -2.62. The summed E-state index contributed by atoms with van der Waals surface area (Å²) in [5.74, 6) is 1.77. The van der Waals surface area contributed by atoms with Crippen LogP contribution in [0.25, 0.3) is 0 Å². The lowest BCUT2D eigenvalue weighted by molar-refractivity contribution is 0.0202. The van der Waals surface area contributed by atoms with Crippen LogP contribution in [-0.2, 0) is 0 Å². The van der Waals surface area contributed by atoms with Gasteiger partial charge in [-0.25, -0.2) is 0 Å². The molecule has 3 atom stereocenters. The summed E-state index contributed by atoms with van der Waals surface area (Å²) in [5.41, 5.74) is 0. The predicted octanol–water partition coefficient (Wildman–Crippen LogP) is 1.32. The SMILES string of the molecule is CC1CC(C)C(C)N(C2CNC2)C1. The van der Waals surface area contributed by atoms with Crippen molar-refractivity contribution in [1.29, 1.82) is 0 Å². The summed E-state index contributed by atoms with van der Waals surface area (Å²) < 4.78 is 0. The molecule has 2 heteroatoms. The van der Waals surface area contributed by atoms with Crippen LogP contribution in [0.3, 0.4) is 0 Å². The first-order valence-corrected chi connectivity index (χ1v) is 5.65. The number of piperidine rings is 1. The molecule has 0 aromatic carbocycles. The van der Waals surface area contributed by atoms with E-state index in [-0.39, 0.29) is 0 Å². The topological polar surface area (TPSA) is 15.3 Å². The zero-order valence-electron chi connectivity index (χ0n) is 9.09. The molecule has 13 heavy (non-hydrogen) atoms. The van der Waals surface area contributed by atoms with Crippen molar-refractivity contribution < 1.29 is 0 Å². The van der Waals surface area contributed by atoms with Crippen molar-refractivity contribution in [2.45, 2.75) is 39.3 Å². The van der Waals surface area contributed by atoms with Crippen LogP contribution in [0.1, 0.15) is 27.2 Å². The second-order valence-corrected chi connectivity index (χ2v) is 5.07. The molecule has 2 nitrogen and oxygen atoms in total. The van der Waals surface area contributed by atoms with E-state index in [0.29, 0.717) is 0 Å². The van der Waals surface area contributed by atoms with Gasteiger partial charge in [-0.1, -0.05) is 13.8 Å². The van der Waals surface area contributed by atoms with Gasteiger partial charge in [-0.15, -0.1) is 0 Å². The molecule has 76 valence electrons. The summed E-state index contributed by atoms with van der Waals surface area (Å²) in [6.07, 6.45) is 1.41. The highest BCUT2D eigenvalue weighted by Gasteiger charge is 2.35. The molecule has 2 heterocycles. The second kappa shape index (κ2) is 3.58. The van der Waals surface area contributed by atoms with Gasteiger partial charge in [0.15, 0.2) is 0 Å². The summed E-state index contributed by atoms with van der Waals surface area (Å²) in [4.78, 5) is 2.72. The van der Waals surface area contributed by atoms with E-state index in [9.17, 15) is 0 Å². The Morgan fingerprint density at radius 3 is 2.38 bits per heavy atom. The first-order chi connectivity index (χ1) is 6.18. The molecule has 0 aromatic rings. The Balaban J connectivity index is 1.98. The fraction of sp³-hybridized carbons (Fsp3) is 1.00. The van der Waals surface area contributed by atoms with E-state index in [1.54, 1.807) is 0 Å². The molecule has 2 rings (SSSR count). The van der Waals surface area contributed by atoms with Crippen LogP contribution < -0.4 is 5.32 Å². The summed E-state index contributed by atoms with van der Waals surface area (Å²) in [6, 6.07) is 1.63. The zero-order valence-corrected chi connectivity index (χ0v) is 9.09. The number of likely N-dealkylation sites (tertiary alicyclic amines) is 1. The van der Waals surface area contributed by atoms with Crippen LogP contribution in [0, 0.1) is 11.8 Å². The second-order valence-electron chi connectivity index (χ2n) is 5.07. The monoisotopic (exact) mass is 182 g/mol. The van der Waals surface area contributed by atoms with Crippen LogP contribution in [0.5, 0.6) is 0 Å². The van der Waals surface area contributed by atoms with Gasteiger partial charge in [-0.2, -0.15) is 0 Å². The average molecular weight is 182 g/mol. The van der Waals surface area contributed by atoms with E-state index in [2.05, 4.69) is 31.0 Å². The van der Waals surface area contributed by atoms with Crippen LogP contribution in [-0.4, -0.2) is 36.6 Å². The van der Waals surface area contributed by atoms with Gasteiger partial charge in [0.2, 0.25) is 0 Å². The smallest absolute Gasteiger partial charge is 0.0348 e. The molecule has 3 unspecified atom stereocenters. The van der Waals surface area contributed by atoms with Gasteiger partial charge >= 0.3 is 0 Å². The molecule has 0 aliphatic carbocycles. The van der Waals surface area contributed by atoms with Gasteiger partial charge in [0.1, 0.15) is 0 Å². The van der Waals surface area contributed by atoms with Gasteiger partial charge in [-0.3, -0.25) is 4.90 Å².